The van der Waals surface area contributed by atoms with Gasteiger partial charge in [0.25, 0.3) is 0 Å². The monoisotopic (exact) mass is 547 g/mol. The van der Waals surface area contributed by atoms with Crippen LogP contribution < -0.4 is 20.1 Å². The molecule has 3 atom stereocenters. The molecular formula is C30H30FN3O6. The highest BCUT2D eigenvalue weighted by molar-refractivity contribution is 5.96. The lowest BCUT2D eigenvalue weighted by molar-refractivity contribution is -0.148. The van der Waals surface area contributed by atoms with E-state index >= 15 is 0 Å². The van der Waals surface area contributed by atoms with E-state index in [-0.39, 0.29) is 32.2 Å². The molecule has 2 N–H and O–H groups in total. The molecule has 208 valence electrons. The Hall–Kier alpha value is -4.60. The van der Waals surface area contributed by atoms with Crippen molar-refractivity contribution in [3.63, 3.8) is 0 Å². The predicted molar refractivity (Wildman–Crippen MR) is 144 cm³/mol. The van der Waals surface area contributed by atoms with Crippen LogP contribution in [0.3, 0.4) is 0 Å². The Morgan fingerprint density at radius 2 is 1.80 bits per heavy atom. The van der Waals surface area contributed by atoms with Crippen molar-refractivity contribution in [2.75, 3.05) is 18.7 Å². The molecule has 0 spiro atoms. The summed E-state index contributed by atoms with van der Waals surface area (Å²) >= 11 is 0. The molecule has 1 fully saturated rings. The quantitative estimate of drug-likeness (QED) is 0.415. The Morgan fingerprint density at radius 1 is 1.02 bits per heavy atom. The number of amides is 3. The minimum Gasteiger partial charge on any atom is -0.466 e. The Morgan fingerprint density at radius 3 is 2.55 bits per heavy atom. The maximum atomic E-state index is 13.9. The highest BCUT2D eigenvalue weighted by Crippen LogP contribution is 2.45. The molecule has 3 aromatic rings. The number of fused-ring (bicyclic) bond motifs is 1. The lowest BCUT2D eigenvalue weighted by Gasteiger charge is -2.31. The molecule has 3 aromatic carbocycles. The van der Waals surface area contributed by atoms with E-state index in [1.54, 1.807) is 43.3 Å². The number of carbonyl (C=O) groups excluding carboxylic acids is 3. The van der Waals surface area contributed by atoms with Gasteiger partial charge in [-0.3, -0.25) is 9.59 Å². The minimum absolute atomic E-state index is 0.0500. The first-order chi connectivity index (χ1) is 19.3. The molecule has 40 heavy (non-hydrogen) atoms. The number of esters is 1. The zero-order chi connectivity index (χ0) is 28.2. The molecule has 1 saturated heterocycles. The van der Waals surface area contributed by atoms with Crippen LogP contribution >= 0.6 is 0 Å². The van der Waals surface area contributed by atoms with Crippen LogP contribution in [0.2, 0.25) is 0 Å². The van der Waals surface area contributed by atoms with Gasteiger partial charge in [0.1, 0.15) is 11.9 Å². The van der Waals surface area contributed by atoms with Crippen molar-refractivity contribution in [1.29, 1.82) is 0 Å². The van der Waals surface area contributed by atoms with Crippen LogP contribution in [0.25, 0.3) is 0 Å². The van der Waals surface area contributed by atoms with Crippen LogP contribution in [0.4, 0.5) is 14.9 Å². The third-order valence-corrected chi connectivity index (χ3v) is 7.01. The van der Waals surface area contributed by atoms with Crippen LogP contribution in [-0.4, -0.2) is 42.2 Å². The van der Waals surface area contributed by atoms with Gasteiger partial charge in [-0.2, -0.15) is 0 Å². The summed E-state index contributed by atoms with van der Waals surface area (Å²) in [6, 6.07) is 15.9. The molecule has 2 aliphatic rings. The number of hydrogen-bond donors (Lipinski definition) is 2. The Bertz CT molecular complexity index is 1410. The molecule has 5 rings (SSSR count). The first-order valence-corrected chi connectivity index (χ1v) is 13.1. The average molecular weight is 548 g/mol. The normalized spacial score (nSPS) is 19.3. The molecule has 9 nitrogen and oxygen atoms in total. The maximum absolute atomic E-state index is 13.9. The highest BCUT2D eigenvalue weighted by atomic mass is 19.1. The Kier molecular flexibility index (Phi) is 7.86. The number of halogens is 1. The molecule has 0 bridgehead atoms. The van der Waals surface area contributed by atoms with E-state index in [2.05, 4.69) is 10.6 Å². The smallest absolute Gasteiger partial charge is 0.323 e. The van der Waals surface area contributed by atoms with Gasteiger partial charge in [0, 0.05) is 12.2 Å². The minimum atomic E-state index is -0.991. The van der Waals surface area contributed by atoms with Gasteiger partial charge in [-0.1, -0.05) is 30.3 Å². The summed E-state index contributed by atoms with van der Waals surface area (Å²) in [5, 5.41) is 5.73. The number of hydrogen-bond acceptors (Lipinski definition) is 6. The van der Waals surface area contributed by atoms with Gasteiger partial charge in [0.05, 0.1) is 18.6 Å². The topological polar surface area (TPSA) is 106 Å². The summed E-state index contributed by atoms with van der Waals surface area (Å²) in [6.07, 6.45) is 0.0500. The maximum Gasteiger partial charge on any atom is 0.323 e. The van der Waals surface area contributed by atoms with Gasteiger partial charge < -0.3 is 29.7 Å². The van der Waals surface area contributed by atoms with Crippen molar-refractivity contribution in [2.45, 2.75) is 38.9 Å². The fourth-order valence-corrected chi connectivity index (χ4v) is 5.16. The van der Waals surface area contributed by atoms with E-state index in [9.17, 15) is 18.8 Å². The summed E-state index contributed by atoms with van der Waals surface area (Å²) in [4.78, 5) is 42.1. The van der Waals surface area contributed by atoms with E-state index < -0.39 is 35.9 Å². The Balaban J connectivity index is 1.50. The van der Waals surface area contributed by atoms with Crippen LogP contribution in [0.5, 0.6) is 11.5 Å². The SMILES string of the molecule is CCOC(=O)C1CC(C(=O)NCc2ccc(F)cc2)N(C(=O)Nc2cccc(C)c2)C1c1ccc2c(c1)OCO2. The number of nitrogens with zero attached hydrogens (tertiary/aromatic N) is 1. The fraction of sp³-hybridized carbons (Fsp3) is 0.300. The van der Waals surface area contributed by atoms with Crippen LogP contribution in [-0.2, 0) is 20.9 Å². The van der Waals surface area contributed by atoms with Crippen molar-refractivity contribution in [2.24, 2.45) is 5.92 Å². The summed E-state index contributed by atoms with van der Waals surface area (Å²) in [7, 11) is 0. The highest BCUT2D eigenvalue weighted by Gasteiger charge is 2.51. The number of urea groups is 1. The molecule has 3 unspecified atom stereocenters. The largest absolute Gasteiger partial charge is 0.466 e. The van der Waals surface area contributed by atoms with E-state index in [1.165, 1.54) is 17.0 Å². The number of benzene rings is 3. The van der Waals surface area contributed by atoms with Crippen molar-refractivity contribution >= 4 is 23.6 Å². The van der Waals surface area contributed by atoms with Crippen LogP contribution in [0.15, 0.2) is 66.7 Å². The van der Waals surface area contributed by atoms with Crippen LogP contribution in [0.1, 0.15) is 36.1 Å². The second-order valence-corrected chi connectivity index (χ2v) is 9.72. The lowest BCUT2D eigenvalue weighted by Crippen LogP contribution is -2.48. The van der Waals surface area contributed by atoms with Crippen LogP contribution in [0, 0.1) is 18.7 Å². The summed E-state index contributed by atoms with van der Waals surface area (Å²) in [5.74, 6) is -1.10. The first kappa shape index (κ1) is 27.0. The Labute approximate surface area is 231 Å². The summed E-state index contributed by atoms with van der Waals surface area (Å²) in [6.45, 7) is 3.96. The zero-order valence-corrected chi connectivity index (χ0v) is 22.2. The number of ether oxygens (including phenoxy) is 3. The molecule has 0 radical (unpaired) electrons. The summed E-state index contributed by atoms with van der Waals surface area (Å²) in [5.41, 5.74) is 2.80. The predicted octanol–water partition coefficient (Wildman–Crippen LogP) is 4.71. The van der Waals surface area contributed by atoms with E-state index in [0.29, 0.717) is 28.3 Å². The molecule has 0 aliphatic carbocycles. The average Bonchev–Trinajstić information content (AvgIpc) is 3.57. The van der Waals surface area contributed by atoms with Crippen molar-refractivity contribution < 1.29 is 33.0 Å². The molecule has 10 heteroatoms. The third-order valence-electron chi connectivity index (χ3n) is 7.01. The second kappa shape index (κ2) is 11.6. The first-order valence-electron chi connectivity index (χ1n) is 13.1. The third kappa shape index (κ3) is 5.70. The number of aryl methyl sites for hydroxylation is 1. The molecular weight excluding hydrogens is 517 g/mol. The number of anilines is 1. The van der Waals surface area contributed by atoms with E-state index in [0.717, 1.165) is 5.56 Å². The van der Waals surface area contributed by atoms with Gasteiger partial charge in [-0.15, -0.1) is 0 Å². The number of likely N-dealkylation sites (tertiary alicyclic amines) is 1. The van der Waals surface area contributed by atoms with Gasteiger partial charge in [0.15, 0.2) is 11.5 Å². The molecule has 0 aromatic heterocycles. The van der Waals surface area contributed by atoms with Gasteiger partial charge in [0.2, 0.25) is 12.7 Å². The molecule has 2 heterocycles. The van der Waals surface area contributed by atoms with Gasteiger partial charge in [-0.25, -0.2) is 9.18 Å². The van der Waals surface area contributed by atoms with Crippen molar-refractivity contribution in [3.05, 3.63) is 89.2 Å². The number of nitrogens with one attached hydrogen (secondary N) is 2. The van der Waals surface area contributed by atoms with Crippen molar-refractivity contribution in [1.82, 2.24) is 10.2 Å². The van der Waals surface area contributed by atoms with Gasteiger partial charge >= 0.3 is 12.0 Å². The zero-order valence-electron chi connectivity index (χ0n) is 22.2. The molecule has 0 saturated carbocycles. The van der Waals surface area contributed by atoms with Crippen molar-refractivity contribution in [3.8, 4) is 11.5 Å². The standard InChI is InChI=1S/C30H30FN3O6/c1-3-38-29(36)23-15-24(28(35)32-16-19-7-10-21(31)11-8-19)34(30(37)33-22-6-4-5-18(2)13-22)27(23)20-9-12-25-26(14-20)40-17-39-25/h4-14,23-24,27H,3,15-17H2,1-2H3,(H,32,35)(H,33,37). The van der Waals surface area contributed by atoms with Gasteiger partial charge in [-0.05, 0) is 73.4 Å². The fourth-order valence-electron chi connectivity index (χ4n) is 5.16. The van der Waals surface area contributed by atoms with E-state index in [4.69, 9.17) is 14.2 Å². The summed E-state index contributed by atoms with van der Waals surface area (Å²) < 4.78 is 29.7. The lowest BCUT2D eigenvalue weighted by atomic mass is 9.92. The second-order valence-electron chi connectivity index (χ2n) is 9.72. The number of rotatable bonds is 7. The van der Waals surface area contributed by atoms with E-state index in [1.807, 2.05) is 25.1 Å². The number of carbonyl (C=O) groups is 3. The molecule has 2 aliphatic heterocycles. The molecule has 3 amide bonds.